The summed E-state index contributed by atoms with van der Waals surface area (Å²) in [6.45, 7) is 2.20. The van der Waals surface area contributed by atoms with Crippen molar-refractivity contribution in [2.24, 2.45) is 11.7 Å². The molecule has 2 aliphatic carbocycles. The van der Waals surface area contributed by atoms with Gasteiger partial charge in [0.15, 0.2) is 0 Å². The van der Waals surface area contributed by atoms with Gasteiger partial charge in [0.25, 0.3) is 0 Å². The Hall–Kier alpha value is -0.610. The number of hydrogen-bond donors (Lipinski definition) is 3. The topological polar surface area (TPSA) is 75.4 Å². The first-order valence-corrected chi connectivity index (χ1v) is 7.72. The molecule has 2 aliphatic rings. The second-order valence-electron chi connectivity index (χ2n) is 6.81. The summed E-state index contributed by atoms with van der Waals surface area (Å²) in [5, 5.41) is 12.8. The van der Waals surface area contributed by atoms with Gasteiger partial charge >= 0.3 is 0 Å². The molecule has 4 N–H and O–H groups in total. The van der Waals surface area contributed by atoms with Crippen LogP contribution in [0.25, 0.3) is 0 Å². The molecule has 2 saturated carbocycles. The highest BCUT2D eigenvalue weighted by Gasteiger charge is 2.42. The highest BCUT2D eigenvalue weighted by Crippen LogP contribution is 2.33. The van der Waals surface area contributed by atoms with Crippen molar-refractivity contribution in [1.82, 2.24) is 5.32 Å². The second-order valence-corrected chi connectivity index (χ2v) is 6.81. The van der Waals surface area contributed by atoms with Gasteiger partial charge in [-0.25, -0.2) is 0 Å². The Kier molecular flexibility index (Phi) is 4.51. The van der Waals surface area contributed by atoms with Crippen LogP contribution in [-0.4, -0.2) is 28.7 Å². The van der Waals surface area contributed by atoms with Crippen molar-refractivity contribution in [3.63, 3.8) is 0 Å². The second kappa shape index (κ2) is 5.80. The quantitative estimate of drug-likeness (QED) is 0.729. The third-order valence-corrected chi connectivity index (χ3v) is 4.98. The Morgan fingerprint density at radius 3 is 2.53 bits per heavy atom. The molecule has 19 heavy (non-hydrogen) atoms. The molecule has 2 unspecified atom stereocenters. The maximum absolute atomic E-state index is 12.6. The monoisotopic (exact) mass is 268 g/mol. The lowest BCUT2D eigenvalue weighted by Gasteiger charge is -2.42. The fraction of sp³-hybridized carbons (Fsp3) is 0.933. The van der Waals surface area contributed by atoms with E-state index in [1.807, 2.05) is 0 Å². The van der Waals surface area contributed by atoms with Crippen LogP contribution in [0.2, 0.25) is 0 Å². The zero-order chi connectivity index (χ0) is 13.9. The summed E-state index contributed by atoms with van der Waals surface area (Å²) >= 11 is 0. The van der Waals surface area contributed by atoms with Crippen molar-refractivity contribution in [2.45, 2.75) is 75.8 Å². The van der Waals surface area contributed by atoms with Gasteiger partial charge in [-0.05, 0) is 31.6 Å². The summed E-state index contributed by atoms with van der Waals surface area (Å²) in [4.78, 5) is 12.6. The first kappa shape index (κ1) is 14.8. The number of amides is 1. The molecule has 110 valence electrons. The number of hydrogen-bond acceptors (Lipinski definition) is 3. The summed E-state index contributed by atoms with van der Waals surface area (Å²) in [6.07, 6.45) is 8.83. The van der Waals surface area contributed by atoms with E-state index in [9.17, 15) is 9.90 Å². The minimum atomic E-state index is -0.725. The minimum absolute atomic E-state index is 0.0321. The number of aliphatic hydroxyl groups is 1. The van der Waals surface area contributed by atoms with Gasteiger partial charge in [0.2, 0.25) is 5.91 Å². The highest BCUT2D eigenvalue weighted by molar-refractivity contribution is 5.86. The maximum atomic E-state index is 12.6. The van der Waals surface area contributed by atoms with E-state index >= 15 is 0 Å². The number of aliphatic hydroxyl groups excluding tert-OH is 1. The number of nitrogens with one attached hydrogen (secondary N) is 1. The molecular weight excluding hydrogens is 240 g/mol. The molecular formula is C15H28N2O2. The zero-order valence-electron chi connectivity index (χ0n) is 12.1. The van der Waals surface area contributed by atoms with Crippen LogP contribution in [0.3, 0.4) is 0 Å². The molecule has 0 heterocycles. The minimum Gasteiger partial charge on any atom is -0.394 e. The van der Waals surface area contributed by atoms with Crippen LogP contribution in [0.5, 0.6) is 0 Å². The number of carbonyl (C=O) groups excluding carboxylic acids is 1. The average Bonchev–Trinajstić information content (AvgIpc) is 2.39. The molecule has 2 fully saturated rings. The van der Waals surface area contributed by atoms with Crippen LogP contribution in [-0.2, 0) is 4.79 Å². The summed E-state index contributed by atoms with van der Waals surface area (Å²) in [7, 11) is 0. The van der Waals surface area contributed by atoms with Crippen molar-refractivity contribution in [3.05, 3.63) is 0 Å². The predicted octanol–water partition coefficient (Wildman–Crippen LogP) is 1.71. The molecule has 0 bridgehead atoms. The normalized spacial score (nSPS) is 34.8. The van der Waals surface area contributed by atoms with Gasteiger partial charge in [0.1, 0.15) is 0 Å². The summed E-state index contributed by atoms with van der Waals surface area (Å²) < 4.78 is 0. The lowest BCUT2D eigenvalue weighted by molar-refractivity contribution is -0.131. The lowest BCUT2D eigenvalue weighted by Crippen LogP contribution is -2.63. The molecule has 0 saturated heterocycles. The molecule has 0 aromatic carbocycles. The summed E-state index contributed by atoms with van der Waals surface area (Å²) in [5.41, 5.74) is 5.19. The van der Waals surface area contributed by atoms with E-state index in [0.29, 0.717) is 5.92 Å². The van der Waals surface area contributed by atoms with Gasteiger partial charge in [-0.3, -0.25) is 4.79 Å². The summed E-state index contributed by atoms with van der Waals surface area (Å²) in [6, 6.07) is 0. The number of nitrogens with two attached hydrogens (primary N) is 1. The Morgan fingerprint density at radius 2 is 1.95 bits per heavy atom. The predicted molar refractivity (Wildman–Crippen MR) is 75.6 cm³/mol. The third kappa shape index (κ3) is 3.29. The van der Waals surface area contributed by atoms with E-state index in [1.54, 1.807) is 0 Å². The SMILES string of the molecule is CC1CCCC(N)(C(=O)NC2(CO)CCCCC2)C1. The van der Waals surface area contributed by atoms with E-state index in [4.69, 9.17) is 5.73 Å². The molecule has 1 amide bonds. The van der Waals surface area contributed by atoms with E-state index in [2.05, 4.69) is 12.2 Å². The molecule has 0 aliphatic heterocycles. The first-order valence-electron chi connectivity index (χ1n) is 7.72. The number of rotatable bonds is 3. The van der Waals surface area contributed by atoms with Crippen LogP contribution < -0.4 is 11.1 Å². The molecule has 0 aromatic heterocycles. The van der Waals surface area contributed by atoms with Gasteiger partial charge in [0, 0.05) is 0 Å². The zero-order valence-corrected chi connectivity index (χ0v) is 12.1. The standard InChI is InChI=1S/C15H28N2O2/c1-12-6-5-9-15(16,10-12)13(19)17-14(11-18)7-3-2-4-8-14/h12,18H,2-11,16H2,1H3,(H,17,19). The Labute approximate surface area is 116 Å². The fourth-order valence-corrected chi connectivity index (χ4v) is 3.71. The van der Waals surface area contributed by atoms with Gasteiger partial charge in [-0.15, -0.1) is 0 Å². The van der Waals surface area contributed by atoms with Gasteiger partial charge in [-0.1, -0.05) is 39.0 Å². The fourth-order valence-electron chi connectivity index (χ4n) is 3.71. The highest BCUT2D eigenvalue weighted by atomic mass is 16.3. The van der Waals surface area contributed by atoms with Crippen LogP contribution in [0.1, 0.15) is 64.7 Å². The molecule has 0 radical (unpaired) electrons. The van der Waals surface area contributed by atoms with Crippen molar-refractivity contribution < 1.29 is 9.90 Å². The van der Waals surface area contributed by atoms with Gasteiger partial charge in [-0.2, -0.15) is 0 Å². The Balaban J connectivity index is 2.02. The van der Waals surface area contributed by atoms with Gasteiger partial charge in [0.05, 0.1) is 17.7 Å². The summed E-state index contributed by atoms with van der Waals surface area (Å²) in [5.74, 6) is 0.468. The van der Waals surface area contributed by atoms with Crippen LogP contribution >= 0.6 is 0 Å². The van der Waals surface area contributed by atoms with Crippen LogP contribution in [0.15, 0.2) is 0 Å². The maximum Gasteiger partial charge on any atom is 0.240 e. The molecule has 4 heteroatoms. The average molecular weight is 268 g/mol. The Bertz CT molecular complexity index is 326. The first-order chi connectivity index (χ1) is 9.00. The molecule has 2 rings (SSSR count). The van der Waals surface area contributed by atoms with E-state index in [-0.39, 0.29) is 12.5 Å². The van der Waals surface area contributed by atoms with E-state index < -0.39 is 11.1 Å². The van der Waals surface area contributed by atoms with E-state index in [1.165, 1.54) is 6.42 Å². The van der Waals surface area contributed by atoms with Crippen molar-refractivity contribution in [1.29, 1.82) is 0 Å². The van der Waals surface area contributed by atoms with Crippen molar-refractivity contribution >= 4 is 5.91 Å². The molecule has 0 spiro atoms. The van der Waals surface area contributed by atoms with Gasteiger partial charge < -0.3 is 16.2 Å². The number of carbonyl (C=O) groups is 1. The van der Waals surface area contributed by atoms with Crippen molar-refractivity contribution in [2.75, 3.05) is 6.61 Å². The third-order valence-electron chi connectivity index (χ3n) is 4.98. The van der Waals surface area contributed by atoms with E-state index in [0.717, 1.165) is 51.4 Å². The van der Waals surface area contributed by atoms with Crippen LogP contribution in [0.4, 0.5) is 0 Å². The van der Waals surface area contributed by atoms with Crippen LogP contribution in [0, 0.1) is 5.92 Å². The van der Waals surface area contributed by atoms with Crippen molar-refractivity contribution in [3.8, 4) is 0 Å². The molecule has 2 atom stereocenters. The molecule has 4 nitrogen and oxygen atoms in total. The Morgan fingerprint density at radius 1 is 1.26 bits per heavy atom. The lowest BCUT2D eigenvalue weighted by atomic mass is 9.75. The smallest absolute Gasteiger partial charge is 0.240 e. The molecule has 0 aromatic rings. The largest absolute Gasteiger partial charge is 0.394 e.